The number of hydrogen-bond donors (Lipinski definition) is 4. The van der Waals surface area contributed by atoms with E-state index in [-0.39, 0.29) is 33.2 Å². The van der Waals surface area contributed by atoms with E-state index in [1.54, 1.807) is 6.92 Å². The molecule has 0 heterocycles. The van der Waals surface area contributed by atoms with Crippen LogP contribution in [0.3, 0.4) is 0 Å². The van der Waals surface area contributed by atoms with Gasteiger partial charge < -0.3 is 31.4 Å². The number of hydrogen-bond acceptors (Lipinski definition) is 4. The lowest BCUT2D eigenvalue weighted by molar-refractivity contribution is 0.0651. The maximum absolute atomic E-state index is 11.3. The first-order valence-corrected chi connectivity index (χ1v) is 7.34. The van der Waals surface area contributed by atoms with Crippen molar-refractivity contribution < 1.29 is 50.6 Å². The minimum absolute atomic E-state index is 0. The molecule has 0 aliphatic rings. The van der Waals surface area contributed by atoms with E-state index in [1.165, 1.54) is 36.4 Å². The van der Waals surface area contributed by atoms with Crippen molar-refractivity contribution in [3.8, 4) is 0 Å². The fraction of sp³-hybridized carbons (Fsp3) is 0.111. The molecule has 0 aliphatic carbocycles. The SMILES string of the molecule is CC(c1ccc(C(=O)O)c(C(=O)O)c1)c1ccc(C(=O)O)c(C(=O)O)c1.O.O. The Morgan fingerprint density at radius 2 is 0.893 bits per heavy atom. The van der Waals surface area contributed by atoms with Crippen molar-refractivity contribution >= 4 is 23.9 Å². The summed E-state index contributed by atoms with van der Waals surface area (Å²) in [4.78, 5) is 44.8. The summed E-state index contributed by atoms with van der Waals surface area (Å²) in [5.41, 5.74) is -0.592. The van der Waals surface area contributed by atoms with Crippen LogP contribution in [0, 0.1) is 0 Å². The van der Waals surface area contributed by atoms with Crippen LogP contribution in [-0.4, -0.2) is 55.3 Å². The highest BCUT2D eigenvalue weighted by atomic mass is 16.4. The quantitative estimate of drug-likeness (QED) is 0.553. The van der Waals surface area contributed by atoms with E-state index in [1.807, 2.05) is 0 Å². The van der Waals surface area contributed by atoms with Crippen LogP contribution in [0.25, 0.3) is 0 Å². The average Bonchev–Trinajstić information content (AvgIpc) is 2.59. The Kier molecular flexibility index (Phi) is 8.01. The predicted molar refractivity (Wildman–Crippen MR) is 95.5 cm³/mol. The minimum Gasteiger partial charge on any atom is -0.478 e. The minimum atomic E-state index is -1.40. The molecule has 0 atom stereocenters. The molecule has 0 spiro atoms. The van der Waals surface area contributed by atoms with Gasteiger partial charge in [-0.15, -0.1) is 0 Å². The Morgan fingerprint density at radius 1 is 0.607 bits per heavy atom. The van der Waals surface area contributed by atoms with E-state index >= 15 is 0 Å². The van der Waals surface area contributed by atoms with Crippen LogP contribution in [-0.2, 0) is 0 Å². The first-order valence-electron chi connectivity index (χ1n) is 7.34. The van der Waals surface area contributed by atoms with Gasteiger partial charge in [-0.3, -0.25) is 0 Å². The van der Waals surface area contributed by atoms with E-state index < -0.39 is 29.8 Å². The molecule has 0 aromatic heterocycles. The van der Waals surface area contributed by atoms with Crippen molar-refractivity contribution in [1.82, 2.24) is 0 Å². The molecule has 10 nitrogen and oxygen atoms in total. The summed E-state index contributed by atoms with van der Waals surface area (Å²) >= 11 is 0. The monoisotopic (exact) mass is 394 g/mol. The maximum atomic E-state index is 11.3. The molecule has 0 saturated carbocycles. The van der Waals surface area contributed by atoms with Gasteiger partial charge in [-0.25, -0.2) is 19.2 Å². The van der Waals surface area contributed by atoms with Crippen molar-refractivity contribution in [2.75, 3.05) is 0 Å². The number of carboxylic acid groups (broad SMARTS) is 4. The molecule has 0 fully saturated rings. The molecule has 2 aromatic rings. The van der Waals surface area contributed by atoms with Gasteiger partial charge in [0.1, 0.15) is 0 Å². The number of carboxylic acids is 4. The molecule has 2 aromatic carbocycles. The highest BCUT2D eigenvalue weighted by molar-refractivity contribution is 6.02. The molecular weight excluding hydrogens is 376 g/mol. The summed E-state index contributed by atoms with van der Waals surface area (Å²) < 4.78 is 0. The van der Waals surface area contributed by atoms with Crippen molar-refractivity contribution in [1.29, 1.82) is 0 Å². The third-order valence-electron chi connectivity index (χ3n) is 4.01. The summed E-state index contributed by atoms with van der Waals surface area (Å²) in [5.74, 6) is -6.04. The first kappa shape index (κ1) is 24.2. The molecule has 28 heavy (non-hydrogen) atoms. The van der Waals surface area contributed by atoms with Gasteiger partial charge in [-0.2, -0.15) is 0 Å². The van der Waals surface area contributed by atoms with E-state index in [2.05, 4.69) is 0 Å². The Bertz CT molecular complexity index is 856. The lowest BCUT2D eigenvalue weighted by atomic mass is 9.88. The van der Waals surface area contributed by atoms with Crippen LogP contribution in [0.15, 0.2) is 36.4 Å². The zero-order valence-electron chi connectivity index (χ0n) is 14.5. The summed E-state index contributed by atoms with van der Waals surface area (Å²) in [6, 6.07) is 7.63. The molecule has 0 amide bonds. The Hall–Kier alpha value is -3.76. The maximum Gasteiger partial charge on any atom is 0.336 e. The standard InChI is InChI=1S/C18H14O8.2H2O/c1-8(9-2-4-11(15(19)20)13(6-9)17(23)24)10-3-5-12(16(21)22)14(7-10)18(25)26;;/h2-8H,1H3,(H,19,20)(H,21,22)(H,23,24)(H,25,26);2*1H2. The van der Waals surface area contributed by atoms with E-state index in [0.29, 0.717) is 11.1 Å². The number of benzene rings is 2. The second kappa shape index (κ2) is 9.26. The highest BCUT2D eigenvalue weighted by Gasteiger charge is 2.21. The predicted octanol–water partition coefficient (Wildman–Crippen LogP) is 0.982. The van der Waals surface area contributed by atoms with Crippen LogP contribution in [0.2, 0.25) is 0 Å². The molecule has 0 radical (unpaired) electrons. The fourth-order valence-electron chi connectivity index (χ4n) is 2.58. The zero-order chi connectivity index (χ0) is 19.6. The molecule has 0 aliphatic heterocycles. The molecule has 0 saturated heterocycles. The van der Waals surface area contributed by atoms with Crippen molar-refractivity contribution in [3.05, 3.63) is 69.8 Å². The van der Waals surface area contributed by atoms with Gasteiger partial charge in [-0.1, -0.05) is 19.1 Å². The van der Waals surface area contributed by atoms with E-state index in [0.717, 1.165) is 0 Å². The Balaban J connectivity index is 0.00000364. The second-order valence-electron chi connectivity index (χ2n) is 5.55. The number of carbonyl (C=O) groups is 4. The first-order chi connectivity index (χ1) is 12.1. The zero-order valence-corrected chi connectivity index (χ0v) is 14.5. The molecule has 8 N–H and O–H groups in total. The van der Waals surface area contributed by atoms with Gasteiger partial charge in [0.25, 0.3) is 0 Å². The molecule has 150 valence electrons. The fourth-order valence-corrected chi connectivity index (χ4v) is 2.58. The van der Waals surface area contributed by atoms with Gasteiger partial charge >= 0.3 is 23.9 Å². The normalized spacial score (nSPS) is 9.79. The Morgan fingerprint density at radius 3 is 1.14 bits per heavy atom. The third kappa shape index (κ3) is 4.69. The Labute approximate surface area is 157 Å². The van der Waals surface area contributed by atoms with Crippen molar-refractivity contribution in [2.24, 2.45) is 0 Å². The second-order valence-corrected chi connectivity index (χ2v) is 5.55. The van der Waals surface area contributed by atoms with Gasteiger partial charge in [0.2, 0.25) is 0 Å². The average molecular weight is 394 g/mol. The summed E-state index contributed by atoms with van der Waals surface area (Å²) in [6.45, 7) is 1.67. The topological polar surface area (TPSA) is 212 Å². The van der Waals surface area contributed by atoms with E-state index in [4.69, 9.17) is 10.2 Å². The van der Waals surface area contributed by atoms with Crippen molar-refractivity contribution in [2.45, 2.75) is 12.8 Å². The molecule has 0 bridgehead atoms. The van der Waals surface area contributed by atoms with Crippen LogP contribution in [0.4, 0.5) is 0 Å². The summed E-state index contributed by atoms with van der Waals surface area (Å²) in [5, 5.41) is 36.5. The lowest BCUT2D eigenvalue weighted by Crippen LogP contribution is -2.11. The van der Waals surface area contributed by atoms with Gasteiger partial charge in [-0.05, 0) is 35.4 Å². The molecule has 2 rings (SSSR count). The molecule has 0 unspecified atom stereocenters. The van der Waals surface area contributed by atoms with Crippen molar-refractivity contribution in [3.63, 3.8) is 0 Å². The number of aromatic carboxylic acids is 4. The van der Waals surface area contributed by atoms with Crippen LogP contribution < -0.4 is 0 Å². The van der Waals surface area contributed by atoms with Crippen LogP contribution in [0.5, 0.6) is 0 Å². The third-order valence-corrected chi connectivity index (χ3v) is 4.01. The molecular formula is C18H18O10. The largest absolute Gasteiger partial charge is 0.478 e. The van der Waals surface area contributed by atoms with E-state index in [9.17, 15) is 29.4 Å². The van der Waals surface area contributed by atoms with Gasteiger partial charge in [0.05, 0.1) is 22.3 Å². The lowest BCUT2D eigenvalue weighted by Gasteiger charge is -2.15. The summed E-state index contributed by atoms with van der Waals surface area (Å²) in [7, 11) is 0. The van der Waals surface area contributed by atoms with Crippen LogP contribution >= 0.6 is 0 Å². The summed E-state index contributed by atoms with van der Waals surface area (Å²) in [6.07, 6.45) is 0. The smallest absolute Gasteiger partial charge is 0.336 e. The highest BCUT2D eigenvalue weighted by Crippen LogP contribution is 2.28. The van der Waals surface area contributed by atoms with Gasteiger partial charge in [0, 0.05) is 5.92 Å². The van der Waals surface area contributed by atoms with Crippen LogP contribution in [0.1, 0.15) is 65.4 Å². The van der Waals surface area contributed by atoms with Gasteiger partial charge in [0.15, 0.2) is 0 Å². The molecule has 10 heteroatoms. The number of rotatable bonds is 6.